The summed E-state index contributed by atoms with van der Waals surface area (Å²) in [5.74, 6) is -1.34. The summed E-state index contributed by atoms with van der Waals surface area (Å²) in [6.45, 7) is 3.51. The number of halogens is 1. The highest BCUT2D eigenvalue weighted by molar-refractivity contribution is 6.31. The van der Waals surface area contributed by atoms with Gasteiger partial charge in [-0.05, 0) is 49.7 Å². The van der Waals surface area contributed by atoms with Gasteiger partial charge >= 0.3 is 11.9 Å². The molecular formula is C21H22ClNO5. The van der Waals surface area contributed by atoms with Gasteiger partial charge in [-0.25, -0.2) is 4.79 Å². The molecule has 1 amide bonds. The Labute approximate surface area is 168 Å². The third-order valence-corrected chi connectivity index (χ3v) is 4.24. The molecule has 0 saturated heterocycles. The molecule has 2 aromatic rings. The number of benzene rings is 2. The molecule has 0 aliphatic heterocycles. The van der Waals surface area contributed by atoms with E-state index in [1.54, 1.807) is 38.1 Å². The molecule has 2 aromatic carbocycles. The second-order valence-electron chi connectivity index (χ2n) is 6.36. The van der Waals surface area contributed by atoms with Crippen molar-refractivity contribution in [1.29, 1.82) is 0 Å². The summed E-state index contributed by atoms with van der Waals surface area (Å²) < 4.78 is 9.84. The molecule has 0 aliphatic carbocycles. The first-order chi connectivity index (χ1) is 13.3. The fourth-order valence-electron chi connectivity index (χ4n) is 2.59. The van der Waals surface area contributed by atoms with Gasteiger partial charge in [-0.15, -0.1) is 0 Å². The Morgan fingerprint density at radius 1 is 1.00 bits per heavy atom. The maximum absolute atomic E-state index is 12.7. The monoisotopic (exact) mass is 403 g/mol. The third-order valence-electron chi connectivity index (χ3n) is 3.89. The molecule has 28 heavy (non-hydrogen) atoms. The minimum absolute atomic E-state index is 0.0616. The molecule has 6 nitrogen and oxygen atoms in total. The van der Waals surface area contributed by atoms with Gasteiger partial charge in [0.1, 0.15) is 0 Å². The first-order valence-electron chi connectivity index (χ1n) is 8.75. The lowest BCUT2D eigenvalue weighted by molar-refractivity contribution is -0.147. The van der Waals surface area contributed by atoms with E-state index < -0.39 is 23.9 Å². The van der Waals surface area contributed by atoms with E-state index in [-0.39, 0.29) is 12.5 Å². The SMILES string of the molecule is COC(=O)c1ccc(C(=O)N[C@@H](CC(=O)OC(C)C)c2ccccc2Cl)cc1. The van der Waals surface area contributed by atoms with Gasteiger partial charge < -0.3 is 14.8 Å². The Kier molecular flexibility index (Phi) is 7.58. The molecule has 0 spiro atoms. The lowest BCUT2D eigenvalue weighted by Gasteiger charge is -2.20. The van der Waals surface area contributed by atoms with Crippen LogP contribution in [0.15, 0.2) is 48.5 Å². The van der Waals surface area contributed by atoms with Gasteiger partial charge in [0.15, 0.2) is 0 Å². The predicted molar refractivity (Wildman–Crippen MR) is 105 cm³/mol. The second kappa shape index (κ2) is 9.90. The zero-order valence-corrected chi connectivity index (χ0v) is 16.7. The highest BCUT2D eigenvalue weighted by Crippen LogP contribution is 2.26. The van der Waals surface area contributed by atoms with Crippen molar-refractivity contribution in [3.8, 4) is 0 Å². The Balaban J connectivity index is 2.21. The van der Waals surface area contributed by atoms with Gasteiger partial charge in [0, 0.05) is 10.6 Å². The first kappa shape index (κ1) is 21.4. The zero-order chi connectivity index (χ0) is 20.7. The van der Waals surface area contributed by atoms with Crippen LogP contribution in [-0.4, -0.2) is 31.1 Å². The number of ether oxygens (including phenoxy) is 2. The van der Waals surface area contributed by atoms with Crippen molar-refractivity contribution in [1.82, 2.24) is 5.32 Å². The number of hydrogen-bond acceptors (Lipinski definition) is 5. The van der Waals surface area contributed by atoms with Crippen LogP contribution in [0.2, 0.25) is 5.02 Å². The normalized spacial score (nSPS) is 11.6. The Hall–Kier alpha value is -2.86. The average molecular weight is 404 g/mol. The maximum atomic E-state index is 12.7. The molecular weight excluding hydrogens is 382 g/mol. The molecule has 148 valence electrons. The minimum Gasteiger partial charge on any atom is -0.465 e. The zero-order valence-electron chi connectivity index (χ0n) is 15.9. The second-order valence-corrected chi connectivity index (χ2v) is 6.77. The summed E-state index contributed by atoms with van der Waals surface area (Å²) in [6.07, 6.45) is -0.325. The van der Waals surface area contributed by atoms with E-state index in [1.807, 2.05) is 0 Å². The largest absolute Gasteiger partial charge is 0.465 e. The summed E-state index contributed by atoms with van der Waals surface area (Å²) >= 11 is 6.25. The van der Waals surface area contributed by atoms with E-state index in [2.05, 4.69) is 10.1 Å². The molecule has 0 fully saturated rings. The van der Waals surface area contributed by atoms with Gasteiger partial charge in [0.05, 0.1) is 31.2 Å². The number of nitrogens with one attached hydrogen (secondary N) is 1. The summed E-state index contributed by atoms with van der Waals surface area (Å²) in [6, 6.07) is 12.3. The Morgan fingerprint density at radius 2 is 1.61 bits per heavy atom. The smallest absolute Gasteiger partial charge is 0.337 e. The van der Waals surface area contributed by atoms with Gasteiger partial charge in [-0.2, -0.15) is 0 Å². The highest BCUT2D eigenvalue weighted by atomic mass is 35.5. The van der Waals surface area contributed by atoms with E-state index in [0.717, 1.165) is 0 Å². The molecule has 1 atom stereocenters. The topological polar surface area (TPSA) is 81.7 Å². The Bertz CT molecular complexity index is 848. The molecule has 0 aliphatic rings. The highest BCUT2D eigenvalue weighted by Gasteiger charge is 2.22. The molecule has 7 heteroatoms. The van der Waals surface area contributed by atoms with Crippen LogP contribution in [-0.2, 0) is 14.3 Å². The number of rotatable bonds is 7. The van der Waals surface area contributed by atoms with E-state index in [0.29, 0.717) is 21.7 Å². The van der Waals surface area contributed by atoms with Crippen LogP contribution < -0.4 is 5.32 Å². The van der Waals surface area contributed by atoms with E-state index in [9.17, 15) is 14.4 Å². The summed E-state index contributed by atoms with van der Waals surface area (Å²) in [5, 5.41) is 3.25. The van der Waals surface area contributed by atoms with Crippen LogP contribution in [0, 0.1) is 0 Å². The van der Waals surface area contributed by atoms with Crippen molar-refractivity contribution < 1.29 is 23.9 Å². The molecule has 0 bridgehead atoms. The van der Waals surface area contributed by atoms with Crippen LogP contribution in [0.3, 0.4) is 0 Å². The minimum atomic E-state index is -0.660. The van der Waals surface area contributed by atoms with Crippen LogP contribution in [0.4, 0.5) is 0 Å². The van der Waals surface area contributed by atoms with Crippen molar-refractivity contribution >= 4 is 29.4 Å². The number of carbonyl (C=O) groups excluding carboxylic acids is 3. The van der Waals surface area contributed by atoms with E-state index in [1.165, 1.54) is 31.4 Å². The first-order valence-corrected chi connectivity index (χ1v) is 9.12. The fourth-order valence-corrected chi connectivity index (χ4v) is 2.86. The maximum Gasteiger partial charge on any atom is 0.337 e. The van der Waals surface area contributed by atoms with Gasteiger partial charge in [0.2, 0.25) is 0 Å². The van der Waals surface area contributed by atoms with Crippen LogP contribution in [0.25, 0.3) is 0 Å². The molecule has 0 radical (unpaired) electrons. The lowest BCUT2D eigenvalue weighted by atomic mass is 10.0. The molecule has 0 aromatic heterocycles. The van der Waals surface area contributed by atoms with Crippen molar-refractivity contribution in [2.24, 2.45) is 0 Å². The summed E-state index contributed by atoms with van der Waals surface area (Å²) in [5.41, 5.74) is 1.29. The Morgan fingerprint density at radius 3 is 2.18 bits per heavy atom. The lowest BCUT2D eigenvalue weighted by Crippen LogP contribution is -2.31. The number of amides is 1. The number of esters is 2. The quantitative estimate of drug-likeness (QED) is 0.708. The van der Waals surface area contributed by atoms with Crippen molar-refractivity contribution in [3.05, 3.63) is 70.2 Å². The number of carbonyl (C=O) groups is 3. The third kappa shape index (κ3) is 5.82. The predicted octanol–water partition coefficient (Wildman–Crippen LogP) is 3.94. The van der Waals surface area contributed by atoms with Gasteiger partial charge in [0.25, 0.3) is 5.91 Å². The van der Waals surface area contributed by atoms with Crippen LogP contribution >= 0.6 is 11.6 Å². The van der Waals surface area contributed by atoms with Gasteiger partial charge in [-0.3, -0.25) is 9.59 Å². The molecule has 0 heterocycles. The van der Waals surface area contributed by atoms with Crippen molar-refractivity contribution in [2.75, 3.05) is 7.11 Å². The average Bonchev–Trinajstić information content (AvgIpc) is 2.66. The summed E-state index contributed by atoms with van der Waals surface area (Å²) in [7, 11) is 1.29. The van der Waals surface area contributed by atoms with Crippen LogP contribution in [0.5, 0.6) is 0 Å². The molecule has 0 saturated carbocycles. The van der Waals surface area contributed by atoms with Gasteiger partial charge in [-0.1, -0.05) is 29.8 Å². The summed E-state index contributed by atoms with van der Waals surface area (Å²) in [4.78, 5) is 36.3. The molecule has 0 unspecified atom stereocenters. The standard InChI is InChI=1S/C21H22ClNO5/c1-13(2)28-19(24)12-18(16-6-4-5-7-17(16)22)23-20(25)14-8-10-15(11-9-14)21(26)27-3/h4-11,13,18H,12H2,1-3H3,(H,23,25)/t18-/m0/s1. The van der Waals surface area contributed by atoms with E-state index in [4.69, 9.17) is 16.3 Å². The number of hydrogen-bond donors (Lipinski definition) is 1. The molecule has 1 N–H and O–H groups in total. The van der Waals surface area contributed by atoms with E-state index >= 15 is 0 Å². The fraction of sp³-hybridized carbons (Fsp3) is 0.286. The number of methoxy groups -OCH3 is 1. The molecule has 2 rings (SSSR count). The van der Waals surface area contributed by atoms with Crippen molar-refractivity contribution in [3.63, 3.8) is 0 Å². The van der Waals surface area contributed by atoms with Crippen LogP contribution in [0.1, 0.15) is 52.6 Å². The van der Waals surface area contributed by atoms with Crippen molar-refractivity contribution in [2.45, 2.75) is 32.4 Å².